The molecule has 0 saturated carbocycles. The number of hydrogen-bond donors (Lipinski definition) is 0. The van der Waals surface area contributed by atoms with Crippen LogP contribution >= 0.6 is 0 Å². The predicted molar refractivity (Wildman–Crippen MR) is 110 cm³/mol. The molecule has 29 heavy (non-hydrogen) atoms. The van der Waals surface area contributed by atoms with E-state index in [0.717, 1.165) is 13.0 Å². The first-order chi connectivity index (χ1) is 13.8. The molecule has 0 radical (unpaired) electrons. The Morgan fingerprint density at radius 1 is 0.690 bits per heavy atom. The van der Waals surface area contributed by atoms with Crippen LogP contribution in [0, 0.1) is 5.92 Å². The second-order valence-corrected chi connectivity index (χ2v) is 7.68. The average Bonchev–Trinajstić information content (AvgIpc) is 2.65. The van der Waals surface area contributed by atoms with Crippen molar-refractivity contribution in [3.63, 3.8) is 0 Å². The highest BCUT2D eigenvalue weighted by atomic mass is 16.6. The molecule has 0 aliphatic rings. The maximum atomic E-state index is 11.4. The summed E-state index contributed by atoms with van der Waals surface area (Å²) in [5.41, 5.74) is -0.493. The quantitative estimate of drug-likeness (QED) is 0.219. The van der Waals surface area contributed by atoms with Crippen LogP contribution in [0.3, 0.4) is 0 Å². The van der Waals surface area contributed by atoms with E-state index < -0.39 is 5.60 Å². The van der Waals surface area contributed by atoms with Gasteiger partial charge in [0.05, 0.1) is 66.1 Å². The summed E-state index contributed by atoms with van der Waals surface area (Å²) in [6.45, 7) is 15.5. The van der Waals surface area contributed by atoms with Gasteiger partial charge in [-0.05, 0) is 26.7 Å². The molecule has 0 spiro atoms. The van der Waals surface area contributed by atoms with E-state index in [1.54, 1.807) is 0 Å². The second-order valence-electron chi connectivity index (χ2n) is 7.68. The molecule has 0 rings (SSSR count). The molecular formula is C21H42O8. The molecular weight excluding hydrogens is 380 g/mol. The minimum atomic E-state index is -0.493. The minimum absolute atomic E-state index is 0.0662. The van der Waals surface area contributed by atoms with Gasteiger partial charge in [-0.1, -0.05) is 20.3 Å². The summed E-state index contributed by atoms with van der Waals surface area (Å²) in [6.07, 6.45) is 1.13. The fourth-order valence-corrected chi connectivity index (χ4v) is 1.93. The number of esters is 1. The van der Waals surface area contributed by atoms with Crippen molar-refractivity contribution >= 4 is 5.97 Å². The summed E-state index contributed by atoms with van der Waals surface area (Å²) in [4.78, 5) is 11.4. The van der Waals surface area contributed by atoms with E-state index in [0.29, 0.717) is 72.0 Å². The van der Waals surface area contributed by atoms with E-state index >= 15 is 0 Å². The zero-order valence-electron chi connectivity index (χ0n) is 19.0. The van der Waals surface area contributed by atoms with Gasteiger partial charge in [-0.3, -0.25) is 0 Å². The predicted octanol–water partition coefficient (Wildman–Crippen LogP) is 2.47. The van der Waals surface area contributed by atoms with E-state index in [2.05, 4.69) is 13.8 Å². The molecule has 0 aromatic rings. The highest BCUT2D eigenvalue weighted by Gasteiger charge is 2.15. The molecule has 0 N–H and O–H groups in total. The molecule has 0 aliphatic carbocycles. The number of rotatable bonds is 20. The first-order valence-electron chi connectivity index (χ1n) is 10.5. The third kappa shape index (κ3) is 23.4. The average molecular weight is 423 g/mol. The summed E-state index contributed by atoms with van der Waals surface area (Å²) in [7, 11) is 0. The minimum Gasteiger partial charge on any atom is -0.458 e. The molecule has 0 fully saturated rings. The summed E-state index contributed by atoms with van der Waals surface area (Å²) >= 11 is 0. The maximum absolute atomic E-state index is 11.4. The Hall–Kier alpha value is -0.770. The van der Waals surface area contributed by atoms with Gasteiger partial charge in [-0.25, -0.2) is 4.79 Å². The number of carbonyl (C=O) groups excluding carboxylic acids is 1. The summed E-state index contributed by atoms with van der Waals surface area (Å²) in [6, 6.07) is 0. The Morgan fingerprint density at radius 3 is 1.45 bits per heavy atom. The standard InChI is InChI=1S/C21H42O8/c1-6-19(2)17-27-15-13-25-11-9-23-7-8-24-10-12-26-14-16-28-18-20(22)29-21(3,4)5/h19H,6-18H2,1-5H3. The van der Waals surface area contributed by atoms with Gasteiger partial charge in [0.25, 0.3) is 0 Å². The van der Waals surface area contributed by atoms with Crippen molar-refractivity contribution in [1.29, 1.82) is 0 Å². The van der Waals surface area contributed by atoms with Gasteiger partial charge in [0.15, 0.2) is 0 Å². The van der Waals surface area contributed by atoms with Crippen LogP contribution in [0.5, 0.6) is 0 Å². The van der Waals surface area contributed by atoms with Crippen LogP contribution in [0.4, 0.5) is 0 Å². The van der Waals surface area contributed by atoms with Gasteiger partial charge in [-0.15, -0.1) is 0 Å². The highest BCUT2D eigenvalue weighted by Crippen LogP contribution is 2.06. The van der Waals surface area contributed by atoms with Crippen LogP contribution in [-0.2, 0) is 38.0 Å². The Kier molecular flexibility index (Phi) is 18.7. The maximum Gasteiger partial charge on any atom is 0.332 e. The molecule has 1 atom stereocenters. The van der Waals surface area contributed by atoms with Crippen molar-refractivity contribution in [3.8, 4) is 0 Å². The lowest BCUT2D eigenvalue weighted by molar-refractivity contribution is -0.160. The van der Waals surface area contributed by atoms with Crippen molar-refractivity contribution < 1.29 is 38.0 Å². The highest BCUT2D eigenvalue weighted by molar-refractivity contribution is 5.71. The van der Waals surface area contributed by atoms with E-state index in [4.69, 9.17) is 33.2 Å². The number of ether oxygens (including phenoxy) is 7. The van der Waals surface area contributed by atoms with Gasteiger partial charge < -0.3 is 33.2 Å². The molecule has 0 heterocycles. The Labute approximate surface area is 176 Å². The lowest BCUT2D eigenvalue weighted by Crippen LogP contribution is -2.27. The van der Waals surface area contributed by atoms with Gasteiger partial charge in [-0.2, -0.15) is 0 Å². The molecule has 0 aliphatic heterocycles. The molecule has 0 saturated heterocycles. The van der Waals surface area contributed by atoms with Gasteiger partial charge in [0.1, 0.15) is 12.2 Å². The summed E-state index contributed by atoms with van der Waals surface area (Å²) in [5.74, 6) is 0.224. The molecule has 0 bridgehead atoms. The van der Waals surface area contributed by atoms with Crippen molar-refractivity contribution in [2.75, 3.05) is 79.3 Å². The molecule has 0 amide bonds. The van der Waals surface area contributed by atoms with E-state index in [1.165, 1.54) is 0 Å². The Morgan fingerprint density at radius 2 is 1.07 bits per heavy atom. The van der Waals surface area contributed by atoms with Crippen molar-refractivity contribution in [3.05, 3.63) is 0 Å². The largest absolute Gasteiger partial charge is 0.458 e. The molecule has 174 valence electrons. The van der Waals surface area contributed by atoms with E-state index in [1.807, 2.05) is 20.8 Å². The Bertz CT molecular complexity index is 370. The Balaban J connectivity index is 3.14. The zero-order valence-corrected chi connectivity index (χ0v) is 19.0. The van der Waals surface area contributed by atoms with Crippen LogP contribution in [0.2, 0.25) is 0 Å². The topological polar surface area (TPSA) is 81.7 Å². The fourth-order valence-electron chi connectivity index (χ4n) is 1.93. The van der Waals surface area contributed by atoms with Crippen LogP contribution in [-0.4, -0.2) is 90.9 Å². The van der Waals surface area contributed by atoms with E-state index in [9.17, 15) is 4.79 Å². The fraction of sp³-hybridized carbons (Fsp3) is 0.952. The zero-order chi connectivity index (χ0) is 21.8. The molecule has 1 unspecified atom stereocenters. The van der Waals surface area contributed by atoms with Gasteiger partial charge >= 0.3 is 5.97 Å². The van der Waals surface area contributed by atoms with Crippen LogP contribution in [0.25, 0.3) is 0 Å². The summed E-state index contributed by atoms with van der Waals surface area (Å²) in [5, 5.41) is 0. The first-order valence-corrected chi connectivity index (χ1v) is 10.5. The van der Waals surface area contributed by atoms with Crippen LogP contribution < -0.4 is 0 Å². The lowest BCUT2D eigenvalue weighted by Gasteiger charge is -2.19. The lowest BCUT2D eigenvalue weighted by atomic mass is 10.1. The molecule has 0 aromatic carbocycles. The SMILES string of the molecule is CCC(C)COCCOCCOCCOCCOCCOCC(=O)OC(C)(C)C. The van der Waals surface area contributed by atoms with Gasteiger partial charge in [0, 0.05) is 6.61 Å². The van der Waals surface area contributed by atoms with Crippen molar-refractivity contribution in [2.24, 2.45) is 5.92 Å². The third-order valence-electron chi connectivity index (χ3n) is 3.60. The smallest absolute Gasteiger partial charge is 0.332 e. The number of carbonyl (C=O) groups is 1. The molecule has 8 heteroatoms. The van der Waals surface area contributed by atoms with Crippen LogP contribution in [0.1, 0.15) is 41.0 Å². The molecule has 0 aromatic heterocycles. The van der Waals surface area contributed by atoms with Crippen LogP contribution in [0.15, 0.2) is 0 Å². The van der Waals surface area contributed by atoms with Gasteiger partial charge in [0.2, 0.25) is 0 Å². The summed E-state index contributed by atoms with van der Waals surface area (Å²) < 4.78 is 37.4. The third-order valence-corrected chi connectivity index (χ3v) is 3.60. The van der Waals surface area contributed by atoms with E-state index in [-0.39, 0.29) is 12.6 Å². The normalized spacial score (nSPS) is 12.9. The second kappa shape index (κ2) is 19.2. The van der Waals surface area contributed by atoms with Crippen molar-refractivity contribution in [2.45, 2.75) is 46.6 Å². The monoisotopic (exact) mass is 422 g/mol. The molecule has 8 nitrogen and oxygen atoms in total. The number of hydrogen-bond acceptors (Lipinski definition) is 8. The first kappa shape index (κ1) is 28.2. The van der Waals surface area contributed by atoms with Crippen molar-refractivity contribution in [1.82, 2.24) is 0 Å².